The summed E-state index contributed by atoms with van der Waals surface area (Å²) < 4.78 is 42.6. The summed E-state index contributed by atoms with van der Waals surface area (Å²) in [4.78, 5) is 28.9. The molecule has 0 saturated carbocycles. The fourth-order valence-electron chi connectivity index (χ4n) is 3.96. The number of alkyl halides is 3. The number of carbonyl (C=O) groups excluding carboxylic acids is 1. The Morgan fingerprint density at radius 3 is 2.47 bits per heavy atom. The van der Waals surface area contributed by atoms with Gasteiger partial charge in [-0.05, 0) is 36.8 Å². The molecule has 4 rings (SSSR count). The van der Waals surface area contributed by atoms with Crippen molar-refractivity contribution in [2.45, 2.75) is 32.5 Å². The lowest BCUT2D eigenvalue weighted by atomic mass is 10.1. The fourth-order valence-corrected chi connectivity index (χ4v) is 5.02. The Bertz CT molecular complexity index is 1180. The van der Waals surface area contributed by atoms with Gasteiger partial charge in [0.2, 0.25) is 0 Å². The first kappa shape index (κ1) is 22.4. The number of halogens is 3. The minimum absolute atomic E-state index is 0.0312. The molecule has 9 heteroatoms. The highest BCUT2D eigenvalue weighted by atomic mass is 32.1. The molecule has 0 N–H and O–H groups in total. The maximum absolute atomic E-state index is 13.3. The number of rotatable bonds is 5. The normalized spacial score (nSPS) is 14.9. The minimum Gasteiger partial charge on any atom is -0.368 e. The molecule has 32 heavy (non-hydrogen) atoms. The highest BCUT2D eigenvalue weighted by Gasteiger charge is 2.36. The van der Waals surface area contributed by atoms with Crippen molar-refractivity contribution < 1.29 is 18.0 Å². The number of amides is 1. The number of piperazine rings is 1. The maximum Gasteiger partial charge on any atom is 0.417 e. The van der Waals surface area contributed by atoms with Gasteiger partial charge in [0.25, 0.3) is 11.5 Å². The Hall–Kier alpha value is -2.81. The topological polar surface area (TPSA) is 45.5 Å². The van der Waals surface area contributed by atoms with E-state index < -0.39 is 17.6 Å². The van der Waals surface area contributed by atoms with Crippen molar-refractivity contribution in [3.63, 3.8) is 0 Å². The predicted molar refractivity (Wildman–Crippen MR) is 121 cm³/mol. The van der Waals surface area contributed by atoms with Gasteiger partial charge in [0.05, 0.1) is 21.2 Å². The van der Waals surface area contributed by atoms with Crippen molar-refractivity contribution in [2.24, 2.45) is 0 Å². The van der Waals surface area contributed by atoms with Gasteiger partial charge >= 0.3 is 6.18 Å². The third-order valence-electron chi connectivity index (χ3n) is 5.74. The minimum atomic E-state index is -4.57. The number of aromatic nitrogens is 1. The van der Waals surface area contributed by atoms with E-state index in [0.717, 1.165) is 29.3 Å². The molecule has 1 aliphatic rings. The molecule has 1 aromatic heterocycles. The van der Waals surface area contributed by atoms with Crippen LogP contribution in [-0.2, 0) is 12.7 Å². The highest BCUT2D eigenvalue weighted by molar-refractivity contribution is 7.13. The van der Waals surface area contributed by atoms with Crippen molar-refractivity contribution in [3.8, 4) is 0 Å². The second-order valence-corrected chi connectivity index (χ2v) is 8.92. The highest BCUT2D eigenvalue weighted by Crippen LogP contribution is 2.33. The van der Waals surface area contributed by atoms with E-state index >= 15 is 0 Å². The third-order valence-corrected chi connectivity index (χ3v) is 6.84. The van der Waals surface area contributed by atoms with Gasteiger partial charge < -0.3 is 9.80 Å². The van der Waals surface area contributed by atoms with Gasteiger partial charge in [-0.2, -0.15) is 13.2 Å². The van der Waals surface area contributed by atoms with Crippen LogP contribution in [-0.4, -0.2) is 40.9 Å². The van der Waals surface area contributed by atoms with Crippen LogP contribution in [0.1, 0.15) is 35.7 Å². The lowest BCUT2D eigenvalue weighted by Crippen LogP contribution is -2.49. The second-order valence-electron chi connectivity index (χ2n) is 7.86. The van der Waals surface area contributed by atoms with Crippen LogP contribution in [0.2, 0.25) is 0 Å². The van der Waals surface area contributed by atoms with Gasteiger partial charge in [-0.3, -0.25) is 13.5 Å². The number of aryl methyl sites for hydroxylation is 1. The molecule has 0 atom stereocenters. The SMILES string of the molecule is CCCCn1sc2cc(N3CCN(C(=O)c4ccccc4C(F)(F)F)CC3)ccc2c1=O. The van der Waals surface area contributed by atoms with Crippen molar-refractivity contribution in [1.82, 2.24) is 8.86 Å². The number of hydrogen-bond acceptors (Lipinski definition) is 4. The van der Waals surface area contributed by atoms with Crippen molar-refractivity contribution in [1.29, 1.82) is 0 Å². The van der Waals surface area contributed by atoms with Gasteiger partial charge in [-0.25, -0.2) is 0 Å². The molecular weight excluding hydrogens is 439 g/mol. The zero-order chi connectivity index (χ0) is 22.9. The van der Waals surface area contributed by atoms with E-state index in [9.17, 15) is 22.8 Å². The van der Waals surface area contributed by atoms with Crippen molar-refractivity contribution >= 4 is 33.2 Å². The smallest absolute Gasteiger partial charge is 0.368 e. The maximum atomic E-state index is 13.3. The van der Waals surface area contributed by atoms with Crippen LogP contribution in [0, 0.1) is 0 Å². The molecule has 0 aliphatic carbocycles. The first-order valence-corrected chi connectivity index (χ1v) is 11.4. The van der Waals surface area contributed by atoms with E-state index in [2.05, 4.69) is 11.8 Å². The van der Waals surface area contributed by atoms with Crippen LogP contribution in [0.5, 0.6) is 0 Å². The van der Waals surface area contributed by atoms with Crippen LogP contribution >= 0.6 is 11.5 Å². The van der Waals surface area contributed by atoms with Gasteiger partial charge in [-0.1, -0.05) is 37.0 Å². The Morgan fingerprint density at radius 1 is 1.06 bits per heavy atom. The summed E-state index contributed by atoms with van der Waals surface area (Å²) in [5, 5.41) is 0.701. The number of carbonyl (C=O) groups is 1. The van der Waals surface area contributed by atoms with Crippen molar-refractivity contribution in [2.75, 3.05) is 31.1 Å². The van der Waals surface area contributed by atoms with Crippen LogP contribution in [0.25, 0.3) is 10.1 Å². The Morgan fingerprint density at radius 2 is 1.78 bits per heavy atom. The van der Waals surface area contributed by atoms with Crippen LogP contribution in [0.15, 0.2) is 47.3 Å². The van der Waals surface area contributed by atoms with Gasteiger partial charge in [0.15, 0.2) is 0 Å². The first-order chi connectivity index (χ1) is 15.3. The number of nitrogens with zero attached hydrogens (tertiary/aromatic N) is 3. The second kappa shape index (κ2) is 8.97. The molecule has 1 fully saturated rings. The lowest BCUT2D eigenvalue weighted by Gasteiger charge is -2.36. The van der Waals surface area contributed by atoms with Gasteiger partial charge in [0, 0.05) is 38.4 Å². The largest absolute Gasteiger partial charge is 0.417 e. The van der Waals surface area contributed by atoms with Crippen LogP contribution in [0.4, 0.5) is 18.9 Å². The average molecular weight is 464 g/mol. The molecule has 5 nitrogen and oxygen atoms in total. The van der Waals surface area contributed by atoms with Crippen LogP contribution in [0.3, 0.4) is 0 Å². The van der Waals surface area contributed by atoms with E-state index in [0.29, 0.717) is 38.1 Å². The quantitative estimate of drug-likeness (QED) is 0.544. The van der Waals surface area contributed by atoms with Gasteiger partial charge in [-0.15, -0.1) is 0 Å². The first-order valence-electron chi connectivity index (χ1n) is 10.6. The molecule has 1 saturated heterocycles. The Labute approximate surface area is 187 Å². The summed E-state index contributed by atoms with van der Waals surface area (Å²) in [6.07, 6.45) is -2.60. The monoisotopic (exact) mass is 463 g/mol. The summed E-state index contributed by atoms with van der Waals surface area (Å²) >= 11 is 1.46. The molecule has 0 radical (unpaired) electrons. The van der Waals surface area contributed by atoms with E-state index in [1.54, 1.807) is 3.96 Å². The van der Waals surface area contributed by atoms with E-state index in [1.807, 2.05) is 18.2 Å². The number of benzene rings is 2. The van der Waals surface area contributed by atoms with E-state index in [1.165, 1.54) is 34.6 Å². The third kappa shape index (κ3) is 4.39. The van der Waals surface area contributed by atoms with E-state index in [4.69, 9.17) is 0 Å². The zero-order valence-electron chi connectivity index (χ0n) is 17.7. The molecule has 1 aliphatic heterocycles. The van der Waals surface area contributed by atoms with Gasteiger partial charge in [0.1, 0.15) is 0 Å². The molecule has 1 amide bonds. The molecular formula is C23H24F3N3O2S. The number of anilines is 1. The molecule has 0 spiro atoms. The standard InChI is InChI=1S/C23H24F3N3O2S/c1-2-3-10-29-22(31)18-9-8-16(15-20(18)32-29)27-11-13-28(14-12-27)21(30)17-6-4-5-7-19(17)23(24,25)26/h4-9,15H,2-3,10-14H2,1H3. The summed E-state index contributed by atoms with van der Waals surface area (Å²) in [7, 11) is 0. The van der Waals surface area contributed by atoms with Crippen LogP contribution < -0.4 is 10.5 Å². The number of unbranched alkanes of at least 4 members (excludes halogenated alkanes) is 1. The zero-order valence-corrected chi connectivity index (χ0v) is 18.5. The molecule has 3 aromatic rings. The average Bonchev–Trinajstić information content (AvgIpc) is 3.11. The molecule has 2 heterocycles. The predicted octanol–water partition coefficient (Wildman–Crippen LogP) is 4.84. The summed E-state index contributed by atoms with van der Waals surface area (Å²) in [6, 6.07) is 10.6. The fraction of sp³-hybridized carbons (Fsp3) is 0.391. The number of fused-ring (bicyclic) bond motifs is 1. The lowest BCUT2D eigenvalue weighted by molar-refractivity contribution is -0.138. The summed E-state index contributed by atoms with van der Waals surface area (Å²) in [6.45, 7) is 4.48. The molecule has 2 aromatic carbocycles. The van der Waals surface area contributed by atoms with Crippen molar-refractivity contribution in [3.05, 3.63) is 63.9 Å². The number of hydrogen-bond donors (Lipinski definition) is 0. The summed E-state index contributed by atoms with van der Waals surface area (Å²) in [5.74, 6) is -0.598. The van der Waals surface area contributed by atoms with E-state index in [-0.39, 0.29) is 11.1 Å². The molecule has 0 unspecified atom stereocenters. The Balaban J connectivity index is 1.48. The molecule has 170 valence electrons. The Kier molecular flexibility index (Phi) is 6.28. The summed E-state index contributed by atoms with van der Waals surface area (Å²) in [5.41, 5.74) is -0.235. The molecule has 0 bridgehead atoms.